The number of imidazole rings is 1. The molecule has 1 N–H and O–H groups in total. The Hall–Kier alpha value is -3.35. The third kappa shape index (κ3) is 5.04. The number of halogens is 3. The monoisotopic (exact) mass is 562 g/mol. The topological polar surface area (TPSA) is 99.9 Å². The number of fused-ring (bicyclic) bond motifs is 1. The van der Waals surface area contributed by atoms with Crippen molar-refractivity contribution in [3.8, 4) is 0 Å². The smallest absolute Gasteiger partial charge is 0.258 e. The number of aromatic nitrogens is 3. The van der Waals surface area contributed by atoms with Crippen LogP contribution in [0.3, 0.4) is 0 Å². The lowest BCUT2D eigenvalue weighted by molar-refractivity contribution is -0.0223. The summed E-state index contributed by atoms with van der Waals surface area (Å²) in [5.74, 6) is -3.85. The molecule has 3 fully saturated rings. The highest BCUT2D eigenvalue weighted by Gasteiger charge is 2.44. The van der Waals surface area contributed by atoms with Gasteiger partial charge < -0.3 is 15.1 Å². The van der Waals surface area contributed by atoms with Gasteiger partial charge in [0.2, 0.25) is 11.9 Å². The van der Waals surface area contributed by atoms with Crippen molar-refractivity contribution in [2.24, 2.45) is 5.41 Å². The molecule has 0 radical (unpaired) electrons. The molecule has 4 heterocycles. The van der Waals surface area contributed by atoms with Gasteiger partial charge in [-0.2, -0.15) is 9.37 Å². The first-order valence-corrected chi connectivity index (χ1v) is 14.9. The van der Waals surface area contributed by atoms with Crippen LogP contribution in [-0.4, -0.2) is 67.1 Å². The summed E-state index contributed by atoms with van der Waals surface area (Å²) in [5, 5.41) is 2.74. The number of carbonyl (C=O) groups is 1. The summed E-state index contributed by atoms with van der Waals surface area (Å²) in [6.45, 7) is 1.37. The Morgan fingerprint density at radius 3 is 2.28 bits per heavy atom. The highest BCUT2D eigenvalue weighted by Crippen LogP contribution is 2.54. The summed E-state index contributed by atoms with van der Waals surface area (Å²) in [6.07, 6.45) is 5.73. The van der Waals surface area contributed by atoms with Gasteiger partial charge in [0.1, 0.15) is 11.5 Å². The third-order valence-corrected chi connectivity index (χ3v) is 9.33. The first-order chi connectivity index (χ1) is 18.4. The van der Waals surface area contributed by atoms with Gasteiger partial charge in [0, 0.05) is 51.3 Å². The quantitative estimate of drug-likeness (QED) is 0.499. The Labute approximate surface area is 223 Å². The van der Waals surface area contributed by atoms with Crippen molar-refractivity contribution in [3.05, 3.63) is 42.0 Å². The van der Waals surface area contributed by atoms with E-state index in [0.717, 1.165) is 42.8 Å². The molecule has 2 saturated heterocycles. The van der Waals surface area contributed by atoms with Crippen LogP contribution in [0.5, 0.6) is 0 Å². The van der Waals surface area contributed by atoms with Crippen LogP contribution < -0.4 is 15.1 Å². The predicted molar refractivity (Wildman–Crippen MR) is 140 cm³/mol. The van der Waals surface area contributed by atoms with Gasteiger partial charge in [0.15, 0.2) is 9.84 Å². The Morgan fingerprint density at radius 2 is 1.64 bits per heavy atom. The molecule has 13 heteroatoms. The molecule has 1 amide bonds. The van der Waals surface area contributed by atoms with Gasteiger partial charge in [0.05, 0.1) is 22.3 Å². The number of hydrogen-bond acceptors (Lipinski definition) is 7. The first-order valence-electron chi connectivity index (χ1n) is 13.0. The fraction of sp³-hybridized carbons (Fsp3) is 0.500. The van der Waals surface area contributed by atoms with Crippen LogP contribution in [0, 0.1) is 11.4 Å². The number of alkyl halides is 2. The van der Waals surface area contributed by atoms with Crippen molar-refractivity contribution in [1.29, 1.82) is 0 Å². The van der Waals surface area contributed by atoms with Crippen molar-refractivity contribution in [1.82, 2.24) is 14.4 Å². The highest BCUT2D eigenvalue weighted by atomic mass is 32.2. The van der Waals surface area contributed by atoms with Crippen LogP contribution in [0.25, 0.3) is 5.65 Å². The zero-order valence-corrected chi connectivity index (χ0v) is 22.3. The van der Waals surface area contributed by atoms with Gasteiger partial charge in [-0.3, -0.25) is 4.79 Å². The maximum absolute atomic E-state index is 14.6. The van der Waals surface area contributed by atoms with E-state index in [4.69, 9.17) is 0 Å². The fourth-order valence-electron chi connectivity index (χ4n) is 5.54. The van der Waals surface area contributed by atoms with Crippen LogP contribution in [-0.2, 0) is 9.84 Å². The number of piperidine rings is 2. The number of hydrogen-bond donors (Lipinski definition) is 1. The van der Waals surface area contributed by atoms with E-state index in [1.54, 1.807) is 4.90 Å². The van der Waals surface area contributed by atoms with Gasteiger partial charge >= 0.3 is 0 Å². The molecule has 0 unspecified atom stereocenters. The van der Waals surface area contributed by atoms with Crippen LogP contribution in [0.2, 0.25) is 0 Å². The predicted octanol–water partition coefficient (Wildman–Crippen LogP) is 4.14. The molecular weight excluding hydrogens is 533 g/mol. The number of sulfone groups is 1. The number of anilines is 3. The van der Waals surface area contributed by atoms with Crippen molar-refractivity contribution in [2.45, 2.75) is 49.3 Å². The molecule has 6 rings (SSSR count). The lowest BCUT2D eigenvalue weighted by atomic mass is 9.93. The number of nitrogens with one attached hydrogen (secondary N) is 1. The second kappa shape index (κ2) is 9.10. The summed E-state index contributed by atoms with van der Waals surface area (Å²) < 4.78 is 67.8. The molecule has 208 valence electrons. The van der Waals surface area contributed by atoms with Crippen LogP contribution >= 0.6 is 0 Å². The minimum Gasteiger partial charge on any atom is -0.371 e. The van der Waals surface area contributed by atoms with E-state index in [1.807, 2.05) is 4.90 Å². The van der Waals surface area contributed by atoms with Crippen LogP contribution in [0.1, 0.15) is 48.9 Å². The lowest BCUT2D eigenvalue weighted by Gasteiger charge is -2.35. The number of benzene rings is 1. The van der Waals surface area contributed by atoms with Crippen molar-refractivity contribution in [3.63, 3.8) is 0 Å². The number of carbonyl (C=O) groups excluding carboxylic acids is 1. The summed E-state index contributed by atoms with van der Waals surface area (Å²) in [7, 11) is -3.50. The molecule has 0 atom stereocenters. The van der Waals surface area contributed by atoms with E-state index in [1.165, 1.54) is 37.1 Å². The number of amides is 1. The number of nitrogens with zero attached hydrogens (tertiary/aromatic N) is 5. The summed E-state index contributed by atoms with van der Waals surface area (Å²) in [5.41, 5.74) is 1.37. The molecule has 1 spiro atoms. The maximum Gasteiger partial charge on any atom is 0.258 e. The Morgan fingerprint density at radius 1 is 0.974 bits per heavy atom. The first kappa shape index (κ1) is 25.9. The Kier molecular flexibility index (Phi) is 6.05. The highest BCUT2D eigenvalue weighted by molar-refractivity contribution is 7.90. The largest absolute Gasteiger partial charge is 0.371 e. The second-order valence-electron chi connectivity index (χ2n) is 11.0. The average Bonchev–Trinajstić information content (AvgIpc) is 3.54. The van der Waals surface area contributed by atoms with Gasteiger partial charge in [-0.15, -0.1) is 0 Å². The van der Waals surface area contributed by atoms with E-state index in [-0.39, 0.29) is 41.0 Å². The normalized spacial score (nSPS) is 20.4. The van der Waals surface area contributed by atoms with Crippen molar-refractivity contribution < 1.29 is 26.4 Å². The summed E-state index contributed by atoms with van der Waals surface area (Å²) in [6, 6.07) is 5.84. The molecular formula is C26H29F3N6O3S. The van der Waals surface area contributed by atoms with Crippen molar-refractivity contribution >= 4 is 38.8 Å². The minimum atomic E-state index is -3.50. The van der Waals surface area contributed by atoms with Crippen molar-refractivity contribution in [2.75, 3.05) is 47.6 Å². The number of rotatable bonds is 5. The fourth-order valence-corrected chi connectivity index (χ4v) is 6.19. The van der Waals surface area contributed by atoms with E-state index < -0.39 is 40.5 Å². The molecule has 39 heavy (non-hydrogen) atoms. The van der Waals surface area contributed by atoms with E-state index in [0.29, 0.717) is 11.1 Å². The van der Waals surface area contributed by atoms with E-state index in [2.05, 4.69) is 15.3 Å². The van der Waals surface area contributed by atoms with Gasteiger partial charge in [-0.05, 0) is 49.3 Å². The van der Waals surface area contributed by atoms with E-state index >= 15 is 0 Å². The molecule has 1 aliphatic carbocycles. The second-order valence-corrected chi connectivity index (χ2v) is 13.0. The lowest BCUT2D eigenvalue weighted by Crippen LogP contribution is -2.40. The van der Waals surface area contributed by atoms with Crippen LogP contribution in [0.15, 0.2) is 35.4 Å². The van der Waals surface area contributed by atoms with Gasteiger partial charge in [-0.1, -0.05) is 0 Å². The molecule has 2 aliphatic heterocycles. The van der Waals surface area contributed by atoms with Gasteiger partial charge in [-0.25, -0.2) is 26.6 Å². The molecule has 3 aliphatic rings. The average molecular weight is 563 g/mol. The molecule has 3 aromatic rings. The molecule has 0 bridgehead atoms. The SMILES string of the molecule is CS(=O)(=O)c1ccc(C(=O)Nc2cc3ncc(F)n3c(N3CCC(F)(F)CC3)n2)c(N2CCC3(CC2)CC3)c1. The Balaban J connectivity index is 1.32. The summed E-state index contributed by atoms with van der Waals surface area (Å²) in [4.78, 5) is 25.7. The standard InChI is InChI=1S/C26H29F3N6O3S/c1-39(37,38)17-2-3-18(19(14-17)33-10-6-25(4-5-25)7-11-33)23(36)31-21-15-22-30-16-20(27)35(22)24(32-21)34-12-8-26(28,29)9-13-34/h2-3,14-16H,4-13H2,1H3,(H,31,36). The molecule has 9 nitrogen and oxygen atoms in total. The zero-order chi connectivity index (χ0) is 27.6. The van der Waals surface area contributed by atoms with Crippen LogP contribution in [0.4, 0.5) is 30.6 Å². The Bertz CT molecular complexity index is 1550. The van der Waals surface area contributed by atoms with Gasteiger partial charge in [0.25, 0.3) is 11.8 Å². The molecule has 1 aromatic carbocycles. The van der Waals surface area contributed by atoms with E-state index in [9.17, 15) is 26.4 Å². The maximum atomic E-state index is 14.6. The summed E-state index contributed by atoms with van der Waals surface area (Å²) >= 11 is 0. The minimum absolute atomic E-state index is 0.0301. The third-order valence-electron chi connectivity index (χ3n) is 8.22. The molecule has 2 aromatic heterocycles. The molecule has 1 saturated carbocycles. The zero-order valence-electron chi connectivity index (χ0n) is 21.5.